The van der Waals surface area contributed by atoms with Gasteiger partial charge in [0, 0.05) is 17.5 Å². The Hall–Kier alpha value is -1.36. The lowest BCUT2D eigenvalue weighted by molar-refractivity contribution is 0.553. The number of aryl methyl sites for hydroxylation is 1. The van der Waals surface area contributed by atoms with Crippen LogP contribution in [0, 0.1) is 0 Å². The van der Waals surface area contributed by atoms with Crippen LogP contribution in [-0.4, -0.2) is 22.6 Å². The second-order valence-corrected chi connectivity index (χ2v) is 6.91. The summed E-state index contributed by atoms with van der Waals surface area (Å²) in [5, 5.41) is 1.19. The van der Waals surface area contributed by atoms with Gasteiger partial charge in [-0.15, -0.1) is 11.3 Å². The molecule has 4 nitrogen and oxygen atoms in total. The third-order valence-electron chi connectivity index (χ3n) is 4.41. The molecule has 1 aliphatic rings. The number of thiophene rings is 1. The SMILES string of the molecule is CCc1cc2c(N3CCCCCC3CC)nc(N)nc2s1. The van der Waals surface area contributed by atoms with E-state index in [0.29, 0.717) is 12.0 Å². The Labute approximate surface area is 130 Å². The van der Waals surface area contributed by atoms with E-state index in [0.717, 1.165) is 30.0 Å². The Morgan fingerprint density at radius 1 is 1.29 bits per heavy atom. The lowest BCUT2D eigenvalue weighted by Gasteiger charge is -2.30. The number of hydrogen-bond donors (Lipinski definition) is 1. The molecule has 21 heavy (non-hydrogen) atoms. The van der Waals surface area contributed by atoms with Gasteiger partial charge in [0.05, 0.1) is 5.39 Å². The number of anilines is 2. The van der Waals surface area contributed by atoms with E-state index in [1.807, 2.05) is 0 Å². The first-order valence-corrected chi connectivity index (χ1v) is 8.87. The van der Waals surface area contributed by atoms with Crippen molar-refractivity contribution in [1.29, 1.82) is 0 Å². The van der Waals surface area contributed by atoms with Gasteiger partial charge in [-0.1, -0.05) is 26.7 Å². The van der Waals surface area contributed by atoms with Gasteiger partial charge in [0.2, 0.25) is 5.95 Å². The molecule has 1 fully saturated rings. The topological polar surface area (TPSA) is 55.0 Å². The van der Waals surface area contributed by atoms with Crippen LogP contribution in [0.3, 0.4) is 0 Å². The fraction of sp³-hybridized carbons (Fsp3) is 0.625. The predicted molar refractivity (Wildman–Crippen MR) is 91.1 cm³/mol. The third kappa shape index (κ3) is 2.84. The van der Waals surface area contributed by atoms with Crippen molar-refractivity contribution in [3.63, 3.8) is 0 Å². The van der Waals surface area contributed by atoms with E-state index in [1.165, 1.54) is 35.9 Å². The molecule has 0 bridgehead atoms. The van der Waals surface area contributed by atoms with Crippen molar-refractivity contribution in [3.8, 4) is 0 Å². The average molecular weight is 304 g/mol. The van der Waals surface area contributed by atoms with Crippen LogP contribution in [0.5, 0.6) is 0 Å². The van der Waals surface area contributed by atoms with Crippen LogP contribution in [-0.2, 0) is 6.42 Å². The van der Waals surface area contributed by atoms with Gasteiger partial charge in [0.1, 0.15) is 10.6 Å². The molecule has 2 aromatic rings. The zero-order valence-corrected chi connectivity index (χ0v) is 13.7. The van der Waals surface area contributed by atoms with Crippen molar-refractivity contribution in [3.05, 3.63) is 10.9 Å². The van der Waals surface area contributed by atoms with Crippen molar-refractivity contribution < 1.29 is 0 Å². The minimum Gasteiger partial charge on any atom is -0.368 e. The van der Waals surface area contributed by atoms with Gasteiger partial charge in [0.25, 0.3) is 0 Å². The summed E-state index contributed by atoms with van der Waals surface area (Å²) in [7, 11) is 0. The summed E-state index contributed by atoms with van der Waals surface area (Å²) in [6.45, 7) is 5.54. The fourth-order valence-corrected chi connectivity index (χ4v) is 4.21. The van der Waals surface area contributed by atoms with Gasteiger partial charge >= 0.3 is 0 Å². The molecule has 1 atom stereocenters. The number of nitrogens with zero attached hydrogens (tertiary/aromatic N) is 3. The van der Waals surface area contributed by atoms with Gasteiger partial charge < -0.3 is 10.6 Å². The Kier molecular flexibility index (Phi) is 4.29. The first kappa shape index (κ1) is 14.6. The van der Waals surface area contributed by atoms with Crippen LogP contribution >= 0.6 is 11.3 Å². The molecule has 5 heteroatoms. The normalized spacial score (nSPS) is 19.9. The number of nitrogens with two attached hydrogens (primary N) is 1. The summed E-state index contributed by atoms with van der Waals surface area (Å²) < 4.78 is 0. The largest absolute Gasteiger partial charge is 0.368 e. The molecule has 0 aliphatic carbocycles. The van der Waals surface area contributed by atoms with Crippen molar-refractivity contribution >= 4 is 33.3 Å². The maximum Gasteiger partial charge on any atom is 0.223 e. The van der Waals surface area contributed by atoms with E-state index >= 15 is 0 Å². The summed E-state index contributed by atoms with van der Waals surface area (Å²) in [5.74, 6) is 1.46. The molecule has 0 amide bonds. The van der Waals surface area contributed by atoms with Crippen LogP contribution in [0.4, 0.5) is 11.8 Å². The standard InChI is InChI=1S/C16H24N4S/c1-3-11-8-6-5-7-9-20(11)14-13-10-12(4-2)21-15(13)19-16(17)18-14/h10-11H,3-9H2,1-2H3,(H2,17,18,19). The van der Waals surface area contributed by atoms with Crippen LogP contribution in [0.1, 0.15) is 50.8 Å². The third-order valence-corrected chi connectivity index (χ3v) is 5.58. The number of fused-ring (bicyclic) bond motifs is 1. The smallest absolute Gasteiger partial charge is 0.223 e. The van der Waals surface area contributed by atoms with Crippen LogP contribution in [0.15, 0.2) is 6.07 Å². The molecule has 3 heterocycles. The second kappa shape index (κ2) is 6.18. The van der Waals surface area contributed by atoms with Gasteiger partial charge in [-0.3, -0.25) is 0 Å². The summed E-state index contributed by atoms with van der Waals surface area (Å²) in [5.41, 5.74) is 5.97. The number of nitrogen functional groups attached to an aromatic ring is 1. The minimum atomic E-state index is 0.404. The molecule has 3 rings (SSSR count). The highest BCUT2D eigenvalue weighted by Crippen LogP contribution is 2.34. The predicted octanol–water partition coefficient (Wildman–Crippen LogP) is 3.99. The van der Waals surface area contributed by atoms with Gasteiger partial charge in [-0.2, -0.15) is 4.98 Å². The zero-order valence-electron chi connectivity index (χ0n) is 12.9. The van der Waals surface area contributed by atoms with E-state index in [1.54, 1.807) is 11.3 Å². The number of rotatable bonds is 3. The zero-order chi connectivity index (χ0) is 14.8. The highest BCUT2D eigenvalue weighted by atomic mass is 32.1. The van der Waals surface area contributed by atoms with Crippen molar-refractivity contribution in [2.45, 2.75) is 58.4 Å². The lowest BCUT2D eigenvalue weighted by Crippen LogP contribution is -2.35. The molecule has 0 aromatic carbocycles. The monoisotopic (exact) mass is 304 g/mol. The van der Waals surface area contributed by atoms with E-state index in [2.05, 4.69) is 34.8 Å². The van der Waals surface area contributed by atoms with Gasteiger partial charge in [0.15, 0.2) is 0 Å². The molecular formula is C16H24N4S. The molecule has 0 saturated carbocycles. The Morgan fingerprint density at radius 3 is 2.90 bits per heavy atom. The average Bonchev–Trinajstić information content (AvgIpc) is 2.75. The summed E-state index contributed by atoms with van der Waals surface area (Å²) in [6.07, 6.45) is 7.34. The molecule has 0 spiro atoms. The highest BCUT2D eigenvalue weighted by Gasteiger charge is 2.24. The van der Waals surface area contributed by atoms with Crippen molar-refractivity contribution in [2.75, 3.05) is 17.2 Å². The summed E-state index contributed by atoms with van der Waals surface area (Å²) >= 11 is 1.75. The van der Waals surface area contributed by atoms with Crippen LogP contribution in [0.2, 0.25) is 0 Å². The van der Waals surface area contributed by atoms with Gasteiger partial charge in [-0.25, -0.2) is 4.98 Å². The van der Waals surface area contributed by atoms with Gasteiger partial charge in [-0.05, 0) is 31.7 Å². The van der Waals surface area contributed by atoms with Crippen LogP contribution in [0.25, 0.3) is 10.2 Å². The number of aromatic nitrogens is 2. The molecule has 2 N–H and O–H groups in total. The summed E-state index contributed by atoms with van der Waals surface area (Å²) in [4.78, 5) is 13.9. The van der Waals surface area contributed by atoms with Crippen molar-refractivity contribution in [1.82, 2.24) is 9.97 Å². The maximum absolute atomic E-state index is 5.97. The Morgan fingerprint density at radius 2 is 2.14 bits per heavy atom. The Balaban J connectivity index is 2.10. The number of hydrogen-bond acceptors (Lipinski definition) is 5. The fourth-order valence-electron chi connectivity index (χ4n) is 3.25. The van der Waals surface area contributed by atoms with E-state index in [-0.39, 0.29) is 0 Å². The molecule has 1 saturated heterocycles. The van der Waals surface area contributed by atoms with Crippen molar-refractivity contribution in [2.24, 2.45) is 0 Å². The van der Waals surface area contributed by atoms with Crippen LogP contribution < -0.4 is 10.6 Å². The Bertz CT molecular complexity index is 622. The van der Waals surface area contributed by atoms with E-state index in [4.69, 9.17) is 5.73 Å². The molecule has 114 valence electrons. The molecular weight excluding hydrogens is 280 g/mol. The first-order chi connectivity index (χ1) is 10.2. The lowest BCUT2D eigenvalue weighted by atomic mass is 10.1. The highest BCUT2D eigenvalue weighted by molar-refractivity contribution is 7.18. The first-order valence-electron chi connectivity index (χ1n) is 8.05. The second-order valence-electron chi connectivity index (χ2n) is 5.80. The summed E-state index contributed by atoms with van der Waals surface area (Å²) in [6, 6.07) is 2.84. The quantitative estimate of drug-likeness (QED) is 0.931. The van der Waals surface area contributed by atoms with E-state index in [9.17, 15) is 0 Å². The molecule has 0 radical (unpaired) electrons. The maximum atomic E-state index is 5.97. The molecule has 1 aliphatic heterocycles. The van der Waals surface area contributed by atoms with E-state index < -0.39 is 0 Å². The molecule has 1 unspecified atom stereocenters. The molecule has 2 aromatic heterocycles. The minimum absolute atomic E-state index is 0.404.